The number of carbonyl (C=O) groups excluding carboxylic acids is 1. The number of methoxy groups -OCH3 is 1. The molecule has 0 saturated heterocycles. The van der Waals surface area contributed by atoms with Crippen molar-refractivity contribution >= 4 is 23.3 Å². The lowest BCUT2D eigenvalue weighted by Crippen LogP contribution is -2.41. The summed E-state index contributed by atoms with van der Waals surface area (Å²) in [6.45, 7) is 2.91. The molecule has 0 aliphatic carbocycles. The Labute approximate surface area is 204 Å². The average molecular weight is 477 g/mol. The number of hydrogen-bond donors (Lipinski definition) is 2. The summed E-state index contributed by atoms with van der Waals surface area (Å²) in [5.41, 5.74) is 3.26. The molecule has 35 heavy (non-hydrogen) atoms. The minimum Gasteiger partial charge on any atom is -0.490 e. The van der Waals surface area contributed by atoms with Gasteiger partial charge in [0.25, 0.3) is 5.91 Å². The number of carboxylic acids is 1. The highest BCUT2D eigenvalue weighted by molar-refractivity contribution is 6.04. The standard InChI is InChI=1S/C27H28N2O6/c1-17-12-19(25(33-3)27(31)32)14-20(13-17)28-26(30)18-8-10-21(11-9-18)34-16-22-15-29(2)23-6-4-5-7-24(23)35-22/h4-14,22,25H,15-16H2,1-3H3,(H,28,30)(H,31,32)/t22-,25?/m0/s1. The Morgan fingerprint density at radius 2 is 1.89 bits per heavy atom. The van der Waals surface area contributed by atoms with Crippen LogP contribution in [0.25, 0.3) is 0 Å². The number of para-hydroxylation sites is 2. The van der Waals surface area contributed by atoms with Gasteiger partial charge in [0.05, 0.1) is 12.2 Å². The molecule has 3 aromatic rings. The number of ether oxygens (including phenoxy) is 3. The highest BCUT2D eigenvalue weighted by atomic mass is 16.5. The highest BCUT2D eigenvalue weighted by Crippen LogP contribution is 2.32. The molecule has 8 nitrogen and oxygen atoms in total. The highest BCUT2D eigenvalue weighted by Gasteiger charge is 2.24. The van der Waals surface area contributed by atoms with Gasteiger partial charge in [0.1, 0.15) is 24.2 Å². The lowest BCUT2D eigenvalue weighted by atomic mass is 10.0. The fourth-order valence-electron chi connectivity index (χ4n) is 4.09. The Morgan fingerprint density at radius 1 is 1.14 bits per heavy atom. The summed E-state index contributed by atoms with van der Waals surface area (Å²) < 4.78 is 17.0. The molecule has 0 bridgehead atoms. The summed E-state index contributed by atoms with van der Waals surface area (Å²) >= 11 is 0. The van der Waals surface area contributed by atoms with Crippen LogP contribution in [-0.2, 0) is 9.53 Å². The lowest BCUT2D eigenvalue weighted by Gasteiger charge is -2.33. The van der Waals surface area contributed by atoms with Crippen molar-refractivity contribution in [1.82, 2.24) is 0 Å². The van der Waals surface area contributed by atoms with E-state index >= 15 is 0 Å². The number of carboxylic acid groups (broad SMARTS) is 1. The number of aryl methyl sites for hydroxylation is 1. The summed E-state index contributed by atoms with van der Waals surface area (Å²) in [7, 11) is 3.36. The first-order valence-electron chi connectivity index (χ1n) is 11.2. The number of likely N-dealkylation sites (N-methyl/N-ethyl adjacent to an activating group) is 1. The van der Waals surface area contributed by atoms with E-state index in [2.05, 4.69) is 10.2 Å². The van der Waals surface area contributed by atoms with Gasteiger partial charge < -0.3 is 29.5 Å². The largest absolute Gasteiger partial charge is 0.490 e. The predicted molar refractivity (Wildman–Crippen MR) is 133 cm³/mol. The molecule has 1 amide bonds. The van der Waals surface area contributed by atoms with Gasteiger partial charge in [-0.05, 0) is 66.6 Å². The van der Waals surface area contributed by atoms with E-state index in [1.54, 1.807) is 42.5 Å². The molecule has 182 valence electrons. The van der Waals surface area contributed by atoms with E-state index in [4.69, 9.17) is 14.2 Å². The van der Waals surface area contributed by atoms with Crippen LogP contribution in [0.1, 0.15) is 27.6 Å². The lowest BCUT2D eigenvalue weighted by molar-refractivity contribution is -0.148. The molecule has 4 rings (SSSR count). The Kier molecular flexibility index (Phi) is 7.22. The van der Waals surface area contributed by atoms with E-state index in [0.29, 0.717) is 35.7 Å². The van der Waals surface area contributed by atoms with Crippen molar-refractivity contribution in [2.45, 2.75) is 19.1 Å². The van der Waals surface area contributed by atoms with Crippen LogP contribution in [0, 0.1) is 6.92 Å². The first-order valence-corrected chi connectivity index (χ1v) is 11.2. The van der Waals surface area contributed by atoms with Gasteiger partial charge in [0.15, 0.2) is 6.10 Å². The number of benzene rings is 3. The zero-order valence-electron chi connectivity index (χ0n) is 19.9. The molecule has 0 saturated carbocycles. The number of fused-ring (bicyclic) bond motifs is 1. The van der Waals surface area contributed by atoms with Crippen LogP contribution in [-0.4, -0.2) is 50.4 Å². The number of carbonyl (C=O) groups is 2. The number of rotatable bonds is 8. The quantitative estimate of drug-likeness (QED) is 0.500. The van der Waals surface area contributed by atoms with Gasteiger partial charge >= 0.3 is 5.97 Å². The van der Waals surface area contributed by atoms with Crippen LogP contribution >= 0.6 is 0 Å². The first-order chi connectivity index (χ1) is 16.8. The van der Waals surface area contributed by atoms with Crippen LogP contribution < -0.4 is 19.7 Å². The SMILES string of the molecule is COC(C(=O)O)c1cc(C)cc(NC(=O)c2ccc(OC[C@@H]3CN(C)c4ccccc4O3)cc2)c1. The maximum atomic E-state index is 12.8. The third-order valence-electron chi connectivity index (χ3n) is 5.72. The molecule has 1 aliphatic heterocycles. The third-order valence-corrected chi connectivity index (χ3v) is 5.72. The number of amides is 1. The molecule has 2 atom stereocenters. The van der Waals surface area contributed by atoms with Crippen molar-refractivity contribution in [3.8, 4) is 11.5 Å². The second-order valence-corrected chi connectivity index (χ2v) is 8.46. The molecule has 1 unspecified atom stereocenters. The molecular weight excluding hydrogens is 448 g/mol. The van der Waals surface area contributed by atoms with Crippen molar-refractivity contribution in [2.24, 2.45) is 0 Å². The molecule has 0 spiro atoms. The van der Waals surface area contributed by atoms with Crippen molar-refractivity contribution in [2.75, 3.05) is 37.5 Å². The number of nitrogens with one attached hydrogen (secondary N) is 1. The molecule has 0 fully saturated rings. The Bertz CT molecular complexity index is 1210. The van der Waals surface area contributed by atoms with Gasteiger partial charge in [-0.1, -0.05) is 18.2 Å². The number of anilines is 2. The van der Waals surface area contributed by atoms with E-state index in [1.807, 2.05) is 38.2 Å². The van der Waals surface area contributed by atoms with E-state index in [0.717, 1.165) is 17.0 Å². The molecular formula is C27H28N2O6. The zero-order valence-corrected chi connectivity index (χ0v) is 19.9. The van der Waals surface area contributed by atoms with Gasteiger partial charge in [-0.15, -0.1) is 0 Å². The number of nitrogens with zero attached hydrogens (tertiary/aromatic N) is 1. The van der Waals surface area contributed by atoms with E-state index in [9.17, 15) is 14.7 Å². The second kappa shape index (κ2) is 10.5. The fourth-order valence-corrected chi connectivity index (χ4v) is 4.09. The molecule has 0 aromatic heterocycles. The molecule has 1 heterocycles. The fraction of sp³-hybridized carbons (Fsp3) is 0.259. The van der Waals surface area contributed by atoms with Crippen LogP contribution in [0.3, 0.4) is 0 Å². The van der Waals surface area contributed by atoms with E-state index in [1.165, 1.54) is 7.11 Å². The molecule has 3 aromatic carbocycles. The monoisotopic (exact) mass is 476 g/mol. The summed E-state index contributed by atoms with van der Waals surface area (Å²) in [5, 5.41) is 12.2. The summed E-state index contributed by atoms with van der Waals surface area (Å²) in [6, 6.07) is 19.8. The average Bonchev–Trinajstić information content (AvgIpc) is 2.83. The van der Waals surface area contributed by atoms with E-state index < -0.39 is 12.1 Å². The number of hydrogen-bond acceptors (Lipinski definition) is 6. The van der Waals surface area contributed by atoms with Crippen LogP contribution in [0.15, 0.2) is 66.7 Å². The minimum atomic E-state index is -1.11. The van der Waals surface area contributed by atoms with Gasteiger partial charge in [-0.3, -0.25) is 4.79 Å². The van der Waals surface area contributed by atoms with Crippen LogP contribution in [0.5, 0.6) is 11.5 Å². The van der Waals surface area contributed by atoms with Gasteiger partial charge in [-0.2, -0.15) is 0 Å². The molecule has 0 radical (unpaired) electrons. The Hall–Kier alpha value is -4.04. The number of aliphatic carboxylic acids is 1. The van der Waals surface area contributed by atoms with Gasteiger partial charge in [-0.25, -0.2) is 4.79 Å². The maximum absolute atomic E-state index is 12.8. The zero-order chi connectivity index (χ0) is 24.9. The molecule has 8 heteroatoms. The topological polar surface area (TPSA) is 97.3 Å². The Morgan fingerprint density at radius 3 is 2.60 bits per heavy atom. The van der Waals surface area contributed by atoms with Crippen molar-refractivity contribution in [3.05, 3.63) is 83.4 Å². The van der Waals surface area contributed by atoms with Crippen LogP contribution in [0.4, 0.5) is 11.4 Å². The first kappa shape index (κ1) is 24.1. The maximum Gasteiger partial charge on any atom is 0.337 e. The Balaban J connectivity index is 1.36. The van der Waals surface area contributed by atoms with Gasteiger partial charge in [0.2, 0.25) is 0 Å². The van der Waals surface area contributed by atoms with Crippen molar-refractivity contribution < 1.29 is 28.9 Å². The van der Waals surface area contributed by atoms with Crippen LogP contribution in [0.2, 0.25) is 0 Å². The minimum absolute atomic E-state index is 0.116. The predicted octanol–water partition coefficient (Wildman–Crippen LogP) is 4.30. The third kappa shape index (κ3) is 5.73. The van der Waals surface area contributed by atoms with Gasteiger partial charge in [0, 0.05) is 25.4 Å². The van der Waals surface area contributed by atoms with E-state index in [-0.39, 0.29) is 12.0 Å². The molecule has 2 N–H and O–H groups in total. The van der Waals surface area contributed by atoms with Crippen molar-refractivity contribution in [1.29, 1.82) is 0 Å². The smallest absolute Gasteiger partial charge is 0.337 e. The second-order valence-electron chi connectivity index (χ2n) is 8.46. The molecule has 1 aliphatic rings. The summed E-state index contributed by atoms with van der Waals surface area (Å²) in [4.78, 5) is 26.3. The normalized spacial score (nSPS) is 15.5. The summed E-state index contributed by atoms with van der Waals surface area (Å²) in [6.07, 6.45) is -1.22. The van der Waals surface area contributed by atoms with Crippen molar-refractivity contribution in [3.63, 3.8) is 0 Å². The summed E-state index contributed by atoms with van der Waals surface area (Å²) in [5.74, 6) is 0.0573.